The molecule has 0 radical (unpaired) electrons. The van der Waals surface area contributed by atoms with Crippen molar-refractivity contribution in [3.8, 4) is 0 Å². The molecule has 0 rings (SSSR count). The molecule has 0 aromatic heterocycles. The number of nitrogens with zero attached hydrogens (tertiary/aromatic N) is 1. The van der Waals surface area contributed by atoms with Gasteiger partial charge in [0.2, 0.25) is 0 Å². The van der Waals surface area contributed by atoms with Gasteiger partial charge in [-0.25, -0.2) is 4.40 Å². The van der Waals surface area contributed by atoms with Crippen LogP contribution in [0.3, 0.4) is 0 Å². The first kappa shape index (κ1) is 7.76. The molecular formula is C6H11NS. The third-order valence-electron chi connectivity index (χ3n) is 1.15. The molecule has 0 aromatic carbocycles. The second-order valence-electron chi connectivity index (χ2n) is 1.66. The fourth-order valence-corrected chi connectivity index (χ4v) is 0.445. The van der Waals surface area contributed by atoms with E-state index in [1.165, 1.54) is 5.57 Å². The molecule has 46 valence electrons. The molecule has 2 heteroatoms. The van der Waals surface area contributed by atoms with Gasteiger partial charge >= 0.3 is 0 Å². The maximum atomic E-state index is 3.76. The Bertz CT molecular complexity index is 108. The van der Waals surface area contributed by atoms with Gasteiger partial charge < -0.3 is 0 Å². The summed E-state index contributed by atoms with van der Waals surface area (Å²) in [4.78, 5) is 0. The lowest BCUT2D eigenvalue weighted by molar-refractivity contribution is 1.50. The van der Waals surface area contributed by atoms with Crippen LogP contribution in [0.5, 0.6) is 0 Å². The Hall–Kier alpha value is -0.240. The maximum absolute atomic E-state index is 3.76. The summed E-state index contributed by atoms with van der Waals surface area (Å²) in [6, 6.07) is 0. The van der Waals surface area contributed by atoms with Crippen LogP contribution in [0.1, 0.15) is 20.8 Å². The highest BCUT2D eigenvalue weighted by molar-refractivity contribution is 7.79. The highest BCUT2D eigenvalue weighted by Gasteiger charge is 1.87. The topological polar surface area (TPSA) is 12.4 Å². The van der Waals surface area contributed by atoms with Crippen LogP contribution in [0.15, 0.2) is 16.0 Å². The van der Waals surface area contributed by atoms with Crippen molar-refractivity contribution in [1.82, 2.24) is 0 Å². The number of thiol groups is 1. The highest BCUT2D eigenvalue weighted by Crippen LogP contribution is 1.96. The molecule has 0 N–H and O–H groups in total. The SMILES string of the molecule is C/C=C(C)\C(C)=N/S. The Labute approximate surface area is 56.1 Å². The van der Waals surface area contributed by atoms with E-state index in [1.807, 2.05) is 26.8 Å². The van der Waals surface area contributed by atoms with Crippen LogP contribution in [0, 0.1) is 0 Å². The molecule has 0 amide bonds. The van der Waals surface area contributed by atoms with Crippen molar-refractivity contribution in [2.75, 3.05) is 0 Å². The molecule has 0 bridgehead atoms. The van der Waals surface area contributed by atoms with Crippen molar-refractivity contribution in [2.24, 2.45) is 4.40 Å². The van der Waals surface area contributed by atoms with E-state index < -0.39 is 0 Å². The minimum absolute atomic E-state index is 0.982. The first-order valence-electron chi connectivity index (χ1n) is 2.54. The second kappa shape index (κ2) is 3.72. The molecule has 0 aliphatic heterocycles. The van der Waals surface area contributed by atoms with Crippen LogP contribution in [-0.2, 0) is 0 Å². The van der Waals surface area contributed by atoms with Gasteiger partial charge in [-0.3, -0.25) is 0 Å². The van der Waals surface area contributed by atoms with Gasteiger partial charge in [0, 0.05) is 5.71 Å². The van der Waals surface area contributed by atoms with Crippen molar-refractivity contribution in [3.05, 3.63) is 11.6 Å². The summed E-state index contributed by atoms with van der Waals surface area (Å²) in [6.45, 7) is 5.93. The Morgan fingerprint density at radius 3 is 2.12 bits per heavy atom. The van der Waals surface area contributed by atoms with E-state index in [9.17, 15) is 0 Å². The van der Waals surface area contributed by atoms with Gasteiger partial charge in [0.1, 0.15) is 0 Å². The van der Waals surface area contributed by atoms with E-state index in [0.29, 0.717) is 0 Å². The zero-order valence-electron chi connectivity index (χ0n) is 5.47. The second-order valence-corrected chi connectivity index (χ2v) is 1.86. The maximum Gasteiger partial charge on any atom is 0.0478 e. The summed E-state index contributed by atoms with van der Waals surface area (Å²) in [5.41, 5.74) is 2.16. The quantitative estimate of drug-likeness (QED) is 0.412. The van der Waals surface area contributed by atoms with Crippen LogP contribution in [0.4, 0.5) is 0 Å². The number of hydrogen-bond donors (Lipinski definition) is 1. The van der Waals surface area contributed by atoms with E-state index in [1.54, 1.807) is 0 Å². The zero-order chi connectivity index (χ0) is 6.57. The number of hydrogen-bond acceptors (Lipinski definition) is 2. The summed E-state index contributed by atoms with van der Waals surface area (Å²) in [7, 11) is 0. The largest absolute Gasteiger partial charge is 0.224 e. The van der Waals surface area contributed by atoms with Crippen molar-refractivity contribution < 1.29 is 0 Å². The van der Waals surface area contributed by atoms with Crippen LogP contribution in [0.2, 0.25) is 0 Å². The monoisotopic (exact) mass is 129 g/mol. The van der Waals surface area contributed by atoms with Gasteiger partial charge in [-0.1, -0.05) is 6.08 Å². The third-order valence-corrected chi connectivity index (χ3v) is 1.45. The lowest BCUT2D eigenvalue weighted by Crippen LogP contribution is -1.88. The van der Waals surface area contributed by atoms with E-state index in [2.05, 4.69) is 17.2 Å². The van der Waals surface area contributed by atoms with E-state index >= 15 is 0 Å². The smallest absolute Gasteiger partial charge is 0.0478 e. The minimum Gasteiger partial charge on any atom is -0.224 e. The summed E-state index contributed by atoms with van der Waals surface area (Å²) in [5.74, 6) is 0. The van der Waals surface area contributed by atoms with Gasteiger partial charge in [0.05, 0.1) is 0 Å². The Balaban J connectivity index is 4.04. The summed E-state index contributed by atoms with van der Waals surface area (Å²) in [6.07, 6.45) is 2.01. The Morgan fingerprint density at radius 2 is 2.00 bits per heavy atom. The van der Waals surface area contributed by atoms with Crippen molar-refractivity contribution in [2.45, 2.75) is 20.8 Å². The third kappa shape index (κ3) is 2.17. The molecule has 0 aliphatic carbocycles. The van der Waals surface area contributed by atoms with Gasteiger partial charge in [-0.15, -0.1) is 0 Å². The van der Waals surface area contributed by atoms with Gasteiger partial charge in [-0.2, -0.15) is 0 Å². The predicted molar refractivity (Wildman–Crippen MR) is 41.5 cm³/mol. The number of allylic oxidation sites excluding steroid dienone is 2. The van der Waals surface area contributed by atoms with E-state index in [-0.39, 0.29) is 0 Å². The summed E-state index contributed by atoms with van der Waals surface area (Å²) in [5, 5.41) is 0. The highest BCUT2D eigenvalue weighted by atomic mass is 32.1. The molecule has 0 unspecified atom stereocenters. The van der Waals surface area contributed by atoms with Gasteiger partial charge in [0.15, 0.2) is 0 Å². The van der Waals surface area contributed by atoms with Gasteiger partial charge in [-0.05, 0) is 39.2 Å². The Morgan fingerprint density at radius 1 is 1.50 bits per heavy atom. The first-order chi connectivity index (χ1) is 3.72. The lowest BCUT2D eigenvalue weighted by Gasteiger charge is -1.92. The molecule has 0 spiro atoms. The molecule has 0 atom stereocenters. The zero-order valence-corrected chi connectivity index (χ0v) is 6.37. The van der Waals surface area contributed by atoms with Gasteiger partial charge in [0.25, 0.3) is 0 Å². The lowest BCUT2D eigenvalue weighted by atomic mass is 10.2. The van der Waals surface area contributed by atoms with E-state index in [0.717, 1.165) is 5.71 Å². The molecule has 8 heavy (non-hydrogen) atoms. The summed E-state index contributed by atoms with van der Waals surface area (Å²) >= 11 is 3.76. The minimum atomic E-state index is 0.982. The molecule has 0 saturated carbocycles. The average Bonchev–Trinajstić information content (AvgIpc) is 1.84. The number of rotatable bonds is 1. The van der Waals surface area contributed by atoms with Crippen molar-refractivity contribution in [3.63, 3.8) is 0 Å². The molecule has 0 heterocycles. The standard InChI is InChI=1S/C6H11NS/c1-4-5(2)6(3)7-8/h4,8H,1-3H3/b5-4-,7-6-. The molecular weight excluding hydrogens is 118 g/mol. The molecule has 0 aromatic rings. The fourth-order valence-electron chi connectivity index (χ4n) is 0.288. The van der Waals surface area contributed by atoms with Crippen LogP contribution in [0.25, 0.3) is 0 Å². The fraction of sp³-hybridized carbons (Fsp3) is 0.500. The molecule has 1 nitrogen and oxygen atoms in total. The molecule has 0 aliphatic rings. The average molecular weight is 129 g/mol. The van der Waals surface area contributed by atoms with Crippen molar-refractivity contribution in [1.29, 1.82) is 0 Å². The molecule has 0 fully saturated rings. The van der Waals surface area contributed by atoms with Crippen LogP contribution < -0.4 is 0 Å². The summed E-state index contributed by atoms with van der Waals surface area (Å²) < 4.78 is 3.70. The van der Waals surface area contributed by atoms with Crippen molar-refractivity contribution >= 4 is 18.5 Å². The van der Waals surface area contributed by atoms with Crippen LogP contribution in [-0.4, -0.2) is 5.71 Å². The van der Waals surface area contributed by atoms with Crippen LogP contribution >= 0.6 is 12.8 Å². The normalized spacial score (nSPS) is 14.5. The Kier molecular flexibility index (Phi) is 3.61. The van der Waals surface area contributed by atoms with E-state index in [4.69, 9.17) is 0 Å². The first-order valence-corrected chi connectivity index (χ1v) is 2.94. The predicted octanol–water partition coefficient (Wildman–Crippen LogP) is 2.26. The molecule has 0 saturated heterocycles.